The first-order valence-electron chi connectivity index (χ1n) is 5.30. The fraction of sp³-hybridized carbons (Fsp3) is 0.333. The summed E-state index contributed by atoms with van der Waals surface area (Å²) in [7, 11) is 1.25. The van der Waals surface area contributed by atoms with Crippen LogP contribution in [0.5, 0.6) is 0 Å². The minimum absolute atomic E-state index is 0.000358. The number of hydrogen-bond acceptors (Lipinski definition) is 3. The van der Waals surface area contributed by atoms with Crippen molar-refractivity contribution in [2.75, 3.05) is 7.11 Å². The summed E-state index contributed by atoms with van der Waals surface area (Å²) in [4.78, 5) is 22.2. The molecule has 0 heterocycles. The van der Waals surface area contributed by atoms with E-state index in [9.17, 15) is 14.0 Å². The molecule has 1 amide bonds. The van der Waals surface area contributed by atoms with Crippen molar-refractivity contribution in [1.82, 2.24) is 5.32 Å². The molecular formula is C12H13ClFNO3. The Morgan fingerprint density at radius 3 is 2.78 bits per heavy atom. The van der Waals surface area contributed by atoms with Crippen molar-refractivity contribution in [3.05, 3.63) is 34.6 Å². The number of carbonyl (C=O) groups is 2. The van der Waals surface area contributed by atoms with Gasteiger partial charge in [0.25, 0.3) is 0 Å². The van der Waals surface area contributed by atoms with E-state index >= 15 is 0 Å². The summed E-state index contributed by atoms with van der Waals surface area (Å²) in [5.74, 6) is -1.24. The molecule has 18 heavy (non-hydrogen) atoms. The highest BCUT2D eigenvalue weighted by molar-refractivity contribution is 6.30. The largest absolute Gasteiger partial charge is 0.469 e. The first-order chi connectivity index (χ1) is 8.52. The molecule has 0 radical (unpaired) electrons. The standard InChI is InChI=1S/C12H13ClFNO3/c1-18-12(17)5-4-11(16)15-7-8-6-9(13)2-3-10(8)14/h2-3,6H,4-5,7H2,1H3,(H,15,16). The van der Waals surface area contributed by atoms with E-state index in [1.54, 1.807) is 0 Å². The zero-order valence-corrected chi connectivity index (χ0v) is 10.6. The number of nitrogens with one attached hydrogen (secondary N) is 1. The fourth-order valence-electron chi connectivity index (χ4n) is 1.28. The highest BCUT2D eigenvalue weighted by Crippen LogP contribution is 2.14. The van der Waals surface area contributed by atoms with Gasteiger partial charge < -0.3 is 10.1 Å². The molecule has 0 aromatic heterocycles. The average Bonchev–Trinajstić information content (AvgIpc) is 2.36. The van der Waals surface area contributed by atoms with E-state index < -0.39 is 11.8 Å². The Balaban J connectivity index is 2.42. The molecule has 0 saturated heterocycles. The number of halogens is 2. The second-order valence-electron chi connectivity index (χ2n) is 3.59. The Labute approximate surface area is 109 Å². The number of methoxy groups -OCH3 is 1. The second kappa shape index (κ2) is 6.96. The molecule has 0 fully saturated rings. The van der Waals surface area contributed by atoms with Crippen LogP contribution in [0.15, 0.2) is 18.2 Å². The summed E-state index contributed by atoms with van der Waals surface area (Å²) in [5.41, 5.74) is 0.300. The van der Waals surface area contributed by atoms with Crippen molar-refractivity contribution in [3.63, 3.8) is 0 Å². The topological polar surface area (TPSA) is 55.4 Å². The maximum absolute atomic E-state index is 13.3. The van der Waals surface area contributed by atoms with Gasteiger partial charge in [-0.1, -0.05) is 11.6 Å². The Kier molecular flexibility index (Phi) is 5.58. The van der Waals surface area contributed by atoms with Gasteiger partial charge >= 0.3 is 5.97 Å². The molecule has 1 aromatic carbocycles. The monoisotopic (exact) mass is 273 g/mol. The van der Waals surface area contributed by atoms with Crippen LogP contribution in [0.4, 0.5) is 4.39 Å². The fourth-order valence-corrected chi connectivity index (χ4v) is 1.47. The van der Waals surface area contributed by atoms with Crippen molar-refractivity contribution in [2.45, 2.75) is 19.4 Å². The molecule has 0 aliphatic rings. The molecule has 6 heteroatoms. The number of benzene rings is 1. The number of esters is 1. The SMILES string of the molecule is COC(=O)CCC(=O)NCc1cc(Cl)ccc1F. The third kappa shape index (κ3) is 4.71. The molecule has 1 rings (SSSR count). The molecule has 0 aliphatic carbocycles. The highest BCUT2D eigenvalue weighted by atomic mass is 35.5. The molecule has 1 aromatic rings. The summed E-state index contributed by atoms with van der Waals surface area (Å²) in [6.45, 7) is 0.0341. The van der Waals surface area contributed by atoms with Gasteiger partial charge in [-0.05, 0) is 18.2 Å². The van der Waals surface area contributed by atoms with Gasteiger partial charge in [-0.3, -0.25) is 9.59 Å². The van der Waals surface area contributed by atoms with E-state index in [0.29, 0.717) is 10.6 Å². The summed E-state index contributed by atoms with van der Waals surface area (Å²) < 4.78 is 17.7. The Hall–Kier alpha value is -1.62. The van der Waals surface area contributed by atoms with Crippen LogP contribution in [0, 0.1) is 5.82 Å². The first-order valence-corrected chi connectivity index (χ1v) is 5.68. The van der Waals surface area contributed by atoms with E-state index in [-0.39, 0.29) is 25.3 Å². The number of hydrogen-bond donors (Lipinski definition) is 1. The molecule has 98 valence electrons. The smallest absolute Gasteiger partial charge is 0.306 e. The highest BCUT2D eigenvalue weighted by Gasteiger charge is 2.08. The van der Waals surface area contributed by atoms with Crippen LogP contribution < -0.4 is 5.32 Å². The first kappa shape index (κ1) is 14.4. The minimum Gasteiger partial charge on any atom is -0.469 e. The van der Waals surface area contributed by atoms with Crippen LogP contribution >= 0.6 is 11.6 Å². The van der Waals surface area contributed by atoms with Crippen LogP contribution in [0.1, 0.15) is 18.4 Å². The summed E-state index contributed by atoms with van der Waals surface area (Å²) >= 11 is 5.71. The van der Waals surface area contributed by atoms with Crippen molar-refractivity contribution in [3.8, 4) is 0 Å². The van der Waals surface area contributed by atoms with Gasteiger partial charge in [-0.15, -0.1) is 0 Å². The summed E-state index contributed by atoms with van der Waals surface area (Å²) in [5, 5.41) is 2.90. The lowest BCUT2D eigenvalue weighted by Crippen LogP contribution is -2.23. The third-order valence-corrected chi connectivity index (χ3v) is 2.50. The molecule has 0 atom stereocenters. The van der Waals surface area contributed by atoms with Gasteiger partial charge in [0, 0.05) is 23.6 Å². The molecular weight excluding hydrogens is 261 g/mol. The van der Waals surface area contributed by atoms with Crippen molar-refractivity contribution < 1.29 is 18.7 Å². The Morgan fingerprint density at radius 1 is 1.39 bits per heavy atom. The summed E-state index contributed by atoms with van der Waals surface area (Å²) in [6.07, 6.45) is 0.00915. The zero-order valence-electron chi connectivity index (χ0n) is 9.83. The molecule has 0 saturated carbocycles. The zero-order chi connectivity index (χ0) is 13.5. The molecule has 0 aliphatic heterocycles. The molecule has 0 unspecified atom stereocenters. The maximum atomic E-state index is 13.3. The lowest BCUT2D eigenvalue weighted by atomic mass is 10.2. The lowest BCUT2D eigenvalue weighted by molar-refractivity contribution is -0.142. The molecule has 0 spiro atoms. The molecule has 1 N–H and O–H groups in total. The second-order valence-corrected chi connectivity index (χ2v) is 4.03. The van der Waals surface area contributed by atoms with Gasteiger partial charge in [0.15, 0.2) is 0 Å². The Bertz CT molecular complexity index is 451. The number of ether oxygens (including phenoxy) is 1. The minimum atomic E-state index is -0.459. The van der Waals surface area contributed by atoms with Crippen LogP contribution in [-0.4, -0.2) is 19.0 Å². The van der Waals surface area contributed by atoms with Gasteiger partial charge in [0.2, 0.25) is 5.91 Å². The average molecular weight is 274 g/mol. The Morgan fingerprint density at radius 2 is 2.11 bits per heavy atom. The van der Waals surface area contributed by atoms with Crippen LogP contribution in [-0.2, 0) is 20.9 Å². The molecule has 4 nitrogen and oxygen atoms in total. The quantitative estimate of drug-likeness (QED) is 0.836. The lowest BCUT2D eigenvalue weighted by Gasteiger charge is -2.06. The normalized spacial score (nSPS) is 9.94. The van der Waals surface area contributed by atoms with Gasteiger partial charge in [-0.25, -0.2) is 4.39 Å². The van der Waals surface area contributed by atoms with Gasteiger partial charge in [-0.2, -0.15) is 0 Å². The van der Waals surface area contributed by atoms with E-state index in [1.165, 1.54) is 25.3 Å². The van der Waals surface area contributed by atoms with E-state index in [2.05, 4.69) is 10.1 Å². The van der Waals surface area contributed by atoms with Crippen LogP contribution in [0.2, 0.25) is 5.02 Å². The van der Waals surface area contributed by atoms with E-state index in [1.807, 2.05) is 0 Å². The molecule has 0 bridgehead atoms. The number of carbonyl (C=O) groups excluding carboxylic acids is 2. The number of rotatable bonds is 5. The van der Waals surface area contributed by atoms with Gasteiger partial charge in [0.1, 0.15) is 5.82 Å². The van der Waals surface area contributed by atoms with Crippen LogP contribution in [0.25, 0.3) is 0 Å². The van der Waals surface area contributed by atoms with Crippen LogP contribution in [0.3, 0.4) is 0 Å². The predicted molar refractivity (Wildman–Crippen MR) is 64.5 cm³/mol. The maximum Gasteiger partial charge on any atom is 0.306 e. The van der Waals surface area contributed by atoms with Crippen molar-refractivity contribution in [2.24, 2.45) is 0 Å². The van der Waals surface area contributed by atoms with E-state index in [0.717, 1.165) is 0 Å². The predicted octanol–water partition coefficient (Wildman–Crippen LogP) is 2.05. The van der Waals surface area contributed by atoms with Crippen molar-refractivity contribution >= 4 is 23.5 Å². The van der Waals surface area contributed by atoms with E-state index in [4.69, 9.17) is 11.6 Å². The van der Waals surface area contributed by atoms with Crippen molar-refractivity contribution in [1.29, 1.82) is 0 Å². The summed E-state index contributed by atoms with van der Waals surface area (Å²) in [6, 6.07) is 4.11. The number of amides is 1. The third-order valence-electron chi connectivity index (χ3n) is 2.27. The van der Waals surface area contributed by atoms with Gasteiger partial charge in [0.05, 0.1) is 13.5 Å².